The number of hydrogen-bond donors (Lipinski definition) is 1. The van der Waals surface area contributed by atoms with Gasteiger partial charge >= 0.3 is 0 Å². The third kappa shape index (κ3) is 3.37. The standard InChI is InChI=1S/C22H22N4/c23-12-5-4-7-17-8-6-11-19(13-17)20-14-24-22-21(15-25-26(22)16-20)18-9-2-1-3-10-18/h1-3,6,8-11,13-16H,4-5,7,12,23H2. The molecule has 4 rings (SSSR count). The molecule has 0 bridgehead atoms. The van der Waals surface area contributed by atoms with Crippen molar-refractivity contribution in [2.45, 2.75) is 19.3 Å². The molecule has 0 aliphatic rings. The molecule has 2 N–H and O–H groups in total. The van der Waals surface area contributed by atoms with Crippen molar-refractivity contribution < 1.29 is 0 Å². The summed E-state index contributed by atoms with van der Waals surface area (Å²) in [7, 11) is 0. The Morgan fingerprint density at radius 1 is 0.846 bits per heavy atom. The second-order valence-electron chi connectivity index (χ2n) is 6.48. The van der Waals surface area contributed by atoms with Gasteiger partial charge in [-0.1, -0.05) is 54.6 Å². The van der Waals surface area contributed by atoms with Crippen molar-refractivity contribution in [2.24, 2.45) is 5.73 Å². The highest BCUT2D eigenvalue weighted by molar-refractivity contribution is 5.77. The smallest absolute Gasteiger partial charge is 0.162 e. The van der Waals surface area contributed by atoms with Crippen LogP contribution in [0.3, 0.4) is 0 Å². The van der Waals surface area contributed by atoms with Gasteiger partial charge in [-0.25, -0.2) is 9.50 Å². The van der Waals surface area contributed by atoms with E-state index in [0.29, 0.717) is 0 Å². The van der Waals surface area contributed by atoms with Gasteiger partial charge in [0.15, 0.2) is 5.65 Å². The van der Waals surface area contributed by atoms with Gasteiger partial charge in [-0.2, -0.15) is 5.10 Å². The van der Waals surface area contributed by atoms with Gasteiger partial charge in [-0.15, -0.1) is 0 Å². The molecule has 2 aromatic heterocycles. The van der Waals surface area contributed by atoms with E-state index in [1.165, 1.54) is 11.1 Å². The van der Waals surface area contributed by atoms with Gasteiger partial charge in [0.25, 0.3) is 0 Å². The molecule has 2 aromatic carbocycles. The Labute approximate surface area is 153 Å². The molecule has 0 saturated carbocycles. The van der Waals surface area contributed by atoms with E-state index in [9.17, 15) is 0 Å². The van der Waals surface area contributed by atoms with Gasteiger partial charge in [0.2, 0.25) is 0 Å². The molecule has 0 unspecified atom stereocenters. The largest absolute Gasteiger partial charge is 0.330 e. The Hall–Kier alpha value is -2.98. The number of aryl methyl sites for hydroxylation is 1. The number of fused-ring (bicyclic) bond motifs is 1. The van der Waals surface area contributed by atoms with Crippen LogP contribution >= 0.6 is 0 Å². The Morgan fingerprint density at radius 3 is 2.54 bits per heavy atom. The molecule has 0 radical (unpaired) electrons. The number of unbranched alkanes of at least 4 members (excludes halogenated alkanes) is 1. The first-order chi connectivity index (χ1) is 12.8. The molecule has 0 aliphatic carbocycles. The maximum atomic E-state index is 5.59. The van der Waals surface area contributed by atoms with E-state index in [4.69, 9.17) is 5.73 Å². The minimum Gasteiger partial charge on any atom is -0.330 e. The molecular formula is C22H22N4. The van der Waals surface area contributed by atoms with Crippen molar-refractivity contribution in [1.82, 2.24) is 14.6 Å². The molecule has 4 heteroatoms. The van der Waals surface area contributed by atoms with Gasteiger partial charge in [0, 0.05) is 23.5 Å². The first-order valence-electron chi connectivity index (χ1n) is 9.03. The summed E-state index contributed by atoms with van der Waals surface area (Å²) in [5.74, 6) is 0. The fraction of sp³-hybridized carbons (Fsp3) is 0.182. The highest BCUT2D eigenvalue weighted by atomic mass is 15.2. The lowest BCUT2D eigenvalue weighted by Crippen LogP contribution is -1.99. The lowest BCUT2D eigenvalue weighted by atomic mass is 10.0. The Balaban J connectivity index is 1.65. The van der Waals surface area contributed by atoms with Crippen molar-refractivity contribution in [3.8, 4) is 22.3 Å². The summed E-state index contributed by atoms with van der Waals surface area (Å²) < 4.78 is 1.86. The minimum atomic E-state index is 0.753. The van der Waals surface area contributed by atoms with E-state index in [1.807, 2.05) is 41.3 Å². The maximum absolute atomic E-state index is 5.59. The summed E-state index contributed by atoms with van der Waals surface area (Å²) in [5, 5.41) is 4.50. The van der Waals surface area contributed by atoms with Gasteiger partial charge in [0.1, 0.15) is 0 Å². The summed E-state index contributed by atoms with van der Waals surface area (Å²) >= 11 is 0. The predicted molar refractivity (Wildman–Crippen MR) is 106 cm³/mol. The zero-order valence-electron chi connectivity index (χ0n) is 14.7. The molecule has 26 heavy (non-hydrogen) atoms. The third-order valence-corrected chi connectivity index (χ3v) is 4.62. The first-order valence-corrected chi connectivity index (χ1v) is 9.03. The summed E-state index contributed by atoms with van der Waals surface area (Å²) in [6, 6.07) is 18.9. The van der Waals surface area contributed by atoms with Crippen LogP contribution in [0.25, 0.3) is 27.9 Å². The van der Waals surface area contributed by atoms with E-state index in [1.54, 1.807) is 0 Å². The summed E-state index contributed by atoms with van der Waals surface area (Å²) in [6.45, 7) is 0.753. The highest BCUT2D eigenvalue weighted by Gasteiger charge is 2.09. The van der Waals surface area contributed by atoms with Gasteiger partial charge in [-0.05, 0) is 42.5 Å². The van der Waals surface area contributed by atoms with Crippen LogP contribution in [0.15, 0.2) is 73.2 Å². The van der Waals surface area contributed by atoms with Crippen LogP contribution in [-0.4, -0.2) is 21.1 Å². The topological polar surface area (TPSA) is 56.2 Å². The van der Waals surface area contributed by atoms with E-state index in [2.05, 4.69) is 46.5 Å². The summed E-state index contributed by atoms with van der Waals surface area (Å²) in [6.07, 6.45) is 9.10. The van der Waals surface area contributed by atoms with Crippen LogP contribution in [-0.2, 0) is 6.42 Å². The van der Waals surface area contributed by atoms with E-state index >= 15 is 0 Å². The van der Waals surface area contributed by atoms with Gasteiger partial charge in [-0.3, -0.25) is 0 Å². The molecule has 2 heterocycles. The average molecular weight is 342 g/mol. The molecule has 0 fully saturated rings. The monoisotopic (exact) mass is 342 g/mol. The molecule has 0 aliphatic heterocycles. The van der Waals surface area contributed by atoms with E-state index < -0.39 is 0 Å². The van der Waals surface area contributed by atoms with E-state index in [0.717, 1.165) is 48.1 Å². The lowest BCUT2D eigenvalue weighted by molar-refractivity contribution is 0.745. The van der Waals surface area contributed by atoms with Crippen molar-refractivity contribution >= 4 is 5.65 Å². The molecule has 4 aromatic rings. The molecule has 130 valence electrons. The fourth-order valence-corrected chi connectivity index (χ4v) is 3.22. The number of nitrogens with zero attached hydrogens (tertiary/aromatic N) is 3. The molecule has 0 amide bonds. The SMILES string of the molecule is NCCCCc1cccc(-c2cnc3c(-c4ccccc4)cnn3c2)c1. The Morgan fingerprint density at radius 2 is 1.69 bits per heavy atom. The number of aromatic nitrogens is 3. The fourth-order valence-electron chi connectivity index (χ4n) is 3.22. The van der Waals surface area contributed by atoms with Crippen LogP contribution in [0.4, 0.5) is 0 Å². The molecule has 4 nitrogen and oxygen atoms in total. The molecule has 0 spiro atoms. The highest BCUT2D eigenvalue weighted by Crippen LogP contribution is 2.26. The number of hydrogen-bond acceptors (Lipinski definition) is 3. The number of benzene rings is 2. The number of rotatable bonds is 6. The second-order valence-corrected chi connectivity index (χ2v) is 6.48. The van der Waals surface area contributed by atoms with Crippen LogP contribution < -0.4 is 5.73 Å². The van der Waals surface area contributed by atoms with Crippen molar-refractivity contribution in [3.05, 3.63) is 78.8 Å². The normalized spacial score (nSPS) is 11.1. The van der Waals surface area contributed by atoms with Crippen LogP contribution in [0, 0.1) is 0 Å². The molecular weight excluding hydrogens is 320 g/mol. The Kier molecular flexibility index (Phi) is 4.75. The van der Waals surface area contributed by atoms with Gasteiger partial charge in [0.05, 0.1) is 6.20 Å². The van der Waals surface area contributed by atoms with Crippen LogP contribution in [0.2, 0.25) is 0 Å². The zero-order chi connectivity index (χ0) is 17.8. The van der Waals surface area contributed by atoms with Crippen LogP contribution in [0.1, 0.15) is 18.4 Å². The quantitative estimate of drug-likeness (QED) is 0.530. The molecule has 0 atom stereocenters. The van der Waals surface area contributed by atoms with E-state index in [-0.39, 0.29) is 0 Å². The van der Waals surface area contributed by atoms with Crippen LogP contribution in [0.5, 0.6) is 0 Å². The summed E-state index contributed by atoms with van der Waals surface area (Å²) in [4.78, 5) is 4.68. The first kappa shape index (κ1) is 16.5. The second kappa shape index (κ2) is 7.50. The van der Waals surface area contributed by atoms with Crippen molar-refractivity contribution in [3.63, 3.8) is 0 Å². The average Bonchev–Trinajstić information content (AvgIpc) is 3.12. The third-order valence-electron chi connectivity index (χ3n) is 4.62. The van der Waals surface area contributed by atoms with Gasteiger partial charge < -0.3 is 5.73 Å². The molecule has 0 saturated heterocycles. The van der Waals surface area contributed by atoms with Crippen molar-refractivity contribution in [1.29, 1.82) is 0 Å². The minimum absolute atomic E-state index is 0.753. The number of nitrogens with two attached hydrogens (primary N) is 1. The lowest BCUT2D eigenvalue weighted by Gasteiger charge is -2.06. The summed E-state index contributed by atoms with van der Waals surface area (Å²) in [5.41, 5.74) is 12.2. The predicted octanol–water partition coefficient (Wildman–Crippen LogP) is 4.34. The Bertz CT molecular complexity index is 1010. The zero-order valence-corrected chi connectivity index (χ0v) is 14.7. The maximum Gasteiger partial charge on any atom is 0.162 e. The van der Waals surface area contributed by atoms with Crippen molar-refractivity contribution in [2.75, 3.05) is 6.54 Å².